The number of rotatable bonds is 2. The molecule has 1 aliphatic rings. The molecule has 1 saturated heterocycles. The molecule has 0 aromatic rings. The first-order valence-electron chi connectivity index (χ1n) is 5.26. The second-order valence-electron chi connectivity index (χ2n) is 4.37. The highest BCUT2D eigenvalue weighted by Gasteiger charge is 2.34. The van der Waals surface area contributed by atoms with Crippen molar-refractivity contribution in [1.29, 1.82) is 0 Å². The molecule has 1 amide bonds. The van der Waals surface area contributed by atoms with Crippen molar-refractivity contribution in [1.82, 2.24) is 4.90 Å². The van der Waals surface area contributed by atoms with Gasteiger partial charge in [-0.2, -0.15) is 0 Å². The lowest BCUT2D eigenvalue weighted by molar-refractivity contribution is -0.136. The smallest absolute Gasteiger partial charge is 0.227 e. The van der Waals surface area contributed by atoms with Crippen LogP contribution in [0.15, 0.2) is 0 Å². The molecule has 4 atom stereocenters. The van der Waals surface area contributed by atoms with Crippen molar-refractivity contribution in [3.8, 4) is 0 Å². The molecule has 0 aromatic heterocycles. The summed E-state index contributed by atoms with van der Waals surface area (Å²) in [5.74, 6) is 0.0307. The number of hydrogen-bond donors (Lipinski definition) is 2. The lowest BCUT2D eigenvalue weighted by Gasteiger charge is -2.27. The Hall–Kier alpha value is -0.320. The Morgan fingerprint density at radius 3 is 2.33 bits per heavy atom. The molecule has 0 bridgehead atoms. The summed E-state index contributed by atoms with van der Waals surface area (Å²) in [5, 5.41) is 0. The van der Waals surface area contributed by atoms with Crippen molar-refractivity contribution < 1.29 is 4.79 Å². The van der Waals surface area contributed by atoms with E-state index in [0.717, 1.165) is 13.0 Å². The summed E-state index contributed by atoms with van der Waals surface area (Å²) in [6.07, 6.45) is 0.901. The monoisotopic (exact) mass is 235 g/mol. The van der Waals surface area contributed by atoms with E-state index in [9.17, 15) is 4.79 Å². The van der Waals surface area contributed by atoms with Gasteiger partial charge in [0.25, 0.3) is 0 Å². The first kappa shape index (κ1) is 14.7. The second kappa shape index (κ2) is 5.68. The highest BCUT2D eigenvalue weighted by atomic mass is 35.5. The van der Waals surface area contributed by atoms with Crippen LogP contribution in [-0.2, 0) is 4.79 Å². The van der Waals surface area contributed by atoms with Gasteiger partial charge in [-0.05, 0) is 20.3 Å². The van der Waals surface area contributed by atoms with Gasteiger partial charge in [0.15, 0.2) is 0 Å². The summed E-state index contributed by atoms with van der Waals surface area (Å²) in [4.78, 5) is 13.8. The second-order valence-corrected chi connectivity index (χ2v) is 4.37. The van der Waals surface area contributed by atoms with Crippen LogP contribution in [0.2, 0.25) is 0 Å². The molecule has 90 valence electrons. The minimum atomic E-state index is -0.109. The highest BCUT2D eigenvalue weighted by Crippen LogP contribution is 2.19. The Balaban J connectivity index is 0.00000196. The van der Waals surface area contributed by atoms with Gasteiger partial charge in [0, 0.05) is 24.7 Å². The van der Waals surface area contributed by atoms with Crippen LogP contribution in [0.4, 0.5) is 0 Å². The largest absolute Gasteiger partial charge is 0.338 e. The first-order valence-corrected chi connectivity index (χ1v) is 5.26. The van der Waals surface area contributed by atoms with Crippen LogP contribution in [0.3, 0.4) is 0 Å². The van der Waals surface area contributed by atoms with Gasteiger partial charge in [-0.3, -0.25) is 4.79 Å². The molecule has 5 heteroatoms. The van der Waals surface area contributed by atoms with E-state index in [1.165, 1.54) is 0 Å². The Kier molecular flexibility index (Phi) is 5.56. The lowest BCUT2D eigenvalue weighted by Crippen LogP contribution is -2.46. The quantitative estimate of drug-likeness (QED) is 0.725. The van der Waals surface area contributed by atoms with Gasteiger partial charge in [0.2, 0.25) is 5.91 Å². The Morgan fingerprint density at radius 1 is 1.47 bits per heavy atom. The number of nitrogens with zero attached hydrogens (tertiary/aromatic N) is 1. The molecule has 1 heterocycles. The van der Waals surface area contributed by atoms with E-state index in [4.69, 9.17) is 11.5 Å². The van der Waals surface area contributed by atoms with Gasteiger partial charge in [-0.1, -0.05) is 6.92 Å². The van der Waals surface area contributed by atoms with Crippen LogP contribution in [0.25, 0.3) is 0 Å². The topological polar surface area (TPSA) is 72.4 Å². The van der Waals surface area contributed by atoms with Crippen LogP contribution in [0.5, 0.6) is 0 Å². The van der Waals surface area contributed by atoms with E-state index < -0.39 is 0 Å². The van der Waals surface area contributed by atoms with Crippen molar-refractivity contribution in [3.63, 3.8) is 0 Å². The number of hydrogen-bond acceptors (Lipinski definition) is 3. The van der Waals surface area contributed by atoms with Crippen molar-refractivity contribution in [2.45, 2.75) is 45.3 Å². The molecule has 4 unspecified atom stereocenters. The molecular formula is C10H22ClN3O. The number of carbonyl (C=O) groups is 1. The SMILES string of the molecule is CC(N)C(C)C(=O)N1CCC(N)C1C.Cl. The molecule has 1 rings (SSSR count). The van der Waals surface area contributed by atoms with Crippen molar-refractivity contribution in [3.05, 3.63) is 0 Å². The number of likely N-dealkylation sites (tertiary alicyclic amines) is 1. The Bertz CT molecular complexity index is 223. The van der Waals surface area contributed by atoms with E-state index in [-0.39, 0.29) is 42.4 Å². The van der Waals surface area contributed by atoms with E-state index in [1.54, 1.807) is 0 Å². The fourth-order valence-electron chi connectivity index (χ4n) is 1.76. The summed E-state index contributed by atoms with van der Waals surface area (Å²) < 4.78 is 0. The van der Waals surface area contributed by atoms with E-state index in [2.05, 4.69) is 0 Å². The van der Waals surface area contributed by atoms with Crippen molar-refractivity contribution in [2.75, 3.05) is 6.54 Å². The predicted molar refractivity (Wildman–Crippen MR) is 63.8 cm³/mol. The summed E-state index contributed by atoms with van der Waals surface area (Å²) in [5.41, 5.74) is 11.6. The summed E-state index contributed by atoms with van der Waals surface area (Å²) >= 11 is 0. The number of nitrogens with two attached hydrogens (primary N) is 2. The third-order valence-electron chi connectivity index (χ3n) is 3.28. The fourth-order valence-corrected chi connectivity index (χ4v) is 1.76. The number of amides is 1. The molecule has 0 radical (unpaired) electrons. The van der Waals surface area contributed by atoms with Crippen molar-refractivity contribution in [2.24, 2.45) is 17.4 Å². The zero-order valence-corrected chi connectivity index (χ0v) is 10.5. The average molecular weight is 236 g/mol. The molecule has 0 aromatic carbocycles. The number of halogens is 1. The van der Waals surface area contributed by atoms with E-state index in [0.29, 0.717) is 0 Å². The summed E-state index contributed by atoms with van der Waals surface area (Å²) in [7, 11) is 0. The standard InChI is InChI=1S/C10H21N3O.ClH/c1-6(7(2)11)10(14)13-5-4-9(12)8(13)3;/h6-9H,4-5,11-12H2,1-3H3;1H. The summed E-state index contributed by atoms with van der Waals surface area (Å²) in [6, 6.07) is 0.189. The molecule has 0 aliphatic carbocycles. The van der Waals surface area contributed by atoms with Gasteiger partial charge in [-0.15, -0.1) is 12.4 Å². The van der Waals surface area contributed by atoms with Gasteiger partial charge in [0.1, 0.15) is 0 Å². The average Bonchev–Trinajstić information content (AvgIpc) is 2.45. The molecule has 1 fully saturated rings. The fraction of sp³-hybridized carbons (Fsp3) is 0.900. The van der Waals surface area contributed by atoms with Crippen LogP contribution in [-0.4, -0.2) is 35.5 Å². The first-order chi connectivity index (χ1) is 6.45. The minimum Gasteiger partial charge on any atom is -0.338 e. The maximum Gasteiger partial charge on any atom is 0.227 e. The zero-order chi connectivity index (χ0) is 10.9. The molecule has 0 spiro atoms. The maximum atomic E-state index is 11.9. The molecule has 15 heavy (non-hydrogen) atoms. The van der Waals surface area contributed by atoms with Gasteiger partial charge in [0.05, 0.1) is 5.92 Å². The van der Waals surface area contributed by atoms with E-state index in [1.807, 2.05) is 25.7 Å². The normalized spacial score (nSPS) is 29.5. The minimum absolute atomic E-state index is 0. The Morgan fingerprint density at radius 2 is 2.00 bits per heavy atom. The molecular weight excluding hydrogens is 214 g/mol. The lowest BCUT2D eigenvalue weighted by atomic mass is 10.0. The third-order valence-corrected chi connectivity index (χ3v) is 3.28. The highest BCUT2D eigenvalue weighted by molar-refractivity contribution is 5.85. The van der Waals surface area contributed by atoms with Gasteiger partial charge >= 0.3 is 0 Å². The third kappa shape index (κ3) is 3.06. The summed E-state index contributed by atoms with van der Waals surface area (Å²) in [6.45, 7) is 6.52. The van der Waals surface area contributed by atoms with Crippen LogP contribution < -0.4 is 11.5 Å². The van der Waals surface area contributed by atoms with E-state index >= 15 is 0 Å². The molecule has 1 aliphatic heterocycles. The van der Waals surface area contributed by atoms with Crippen LogP contribution in [0.1, 0.15) is 27.2 Å². The molecule has 0 saturated carbocycles. The molecule has 4 N–H and O–H groups in total. The van der Waals surface area contributed by atoms with Gasteiger partial charge < -0.3 is 16.4 Å². The van der Waals surface area contributed by atoms with Gasteiger partial charge in [-0.25, -0.2) is 0 Å². The van der Waals surface area contributed by atoms with Crippen LogP contribution in [0, 0.1) is 5.92 Å². The predicted octanol–water partition coefficient (Wildman–Crippen LogP) is 0.340. The van der Waals surface area contributed by atoms with Crippen LogP contribution >= 0.6 is 12.4 Å². The number of carbonyl (C=O) groups excluding carboxylic acids is 1. The maximum absolute atomic E-state index is 11.9. The zero-order valence-electron chi connectivity index (χ0n) is 9.64. The van der Waals surface area contributed by atoms with Crippen molar-refractivity contribution >= 4 is 18.3 Å². The Labute approximate surface area is 97.8 Å². The molecule has 4 nitrogen and oxygen atoms in total.